The first-order valence-corrected chi connectivity index (χ1v) is 7.70. The number of halogens is 1. The maximum absolute atomic E-state index is 13.7. The minimum Gasteiger partial charge on any atom is -0.489 e. The molecule has 1 atom stereocenters. The molecule has 1 N–H and O–H groups in total. The van der Waals surface area contributed by atoms with Crippen molar-refractivity contribution in [3.8, 4) is 5.75 Å². The number of carbonyl (C=O) groups excluding carboxylic acids is 1. The van der Waals surface area contributed by atoms with Crippen molar-refractivity contribution in [3.63, 3.8) is 0 Å². The highest BCUT2D eigenvalue weighted by Crippen LogP contribution is 2.19. The second-order valence-electron chi connectivity index (χ2n) is 6.10. The van der Waals surface area contributed by atoms with Crippen molar-refractivity contribution in [2.75, 3.05) is 6.54 Å². The fourth-order valence-electron chi connectivity index (χ4n) is 1.80. The number of carbonyl (C=O) groups is 1. The van der Waals surface area contributed by atoms with E-state index < -0.39 is 0 Å². The lowest BCUT2D eigenvalue weighted by molar-refractivity contribution is -0.117. The van der Waals surface area contributed by atoms with E-state index in [1.165, 1.54) is 18.2 Å². The van der Waals surface area contributed by atoms with E-state index >= 15 is 0 Å². The lowest BCUT2D eigenvalue weighted by atomic mass is 10.1. The Hall–Kier alpha value is -1.68. The average molecular weight is 307 g/mol. The maximum Gasteiger partial charge on any atom is 0.158 e. The monoisotopic (exact) mass is 307 g/mol. The Morgan fingerprint density at radius 1 is 1.23 bits per heavy atom. The van der Waals surface area contributed by atoms with E-state index in [0.29, 0.717) is 23.9 Å². The molecular weight excluding hydrogens is 281 g/mol. The number of ketones is 1. The molecule has 0 aliphatic heterocycles. The van der Waals surface area contributed by atoms with Crippen LogP contribution in [-0.2, 0) is 4.79 Å². The van der Waals surface area contributed by atoms with Gasteiger partial charge in [0.25, 0.3) is 0 Å². The molecule has 1 rings (SSSR count). The van der Waals surface area contributed by atoms with Gasteiger partial charge in [-0.2, -0.15) is 0 Å². The Kier molecular flexibility index (Phi) is 7.25. The molecule has 0 aliphatic carbocycles. The Labute approximate surface area is 132 Å². The van der Waals surface area contributed by atoms with Crippen molar-refractivity contribution >= 4 is 11.9 Å². The summed E-state index contributed by atoms with van der Waals surface area (Å²) in [6.07, 6.45) is 3.03. The lowest BCUT2D eigenvalue weighted by Gasteiger charge is -2.17. The molecule has 0 radical (unpaired) electrons. The minimum atomic E-state index is -0.377. The van der Waals surface area contributed by atoms with Crippen molar-refractivity contribution in [3.05, 3.63) is 35.7 Å². The van der Waals surface area contributed by atoms with Gasteiger partial charge in [0.1, 0.15) is 17.7 Å². The standard InChI is InChI=1S/C18H26FNO2/c1-12(2)18(21)7-6-15-8-16(19)10-17(9-15)22-14(5)11-20-13(3)4/h6-10,12-14,20H,11H2,1-5H3/b7-6+. The zero-order valence-corrected chi connectivity index (χ0v) is 14.0. The number of hydrogen-bond donors (Lipinski definition) is 1. The van der Waals surface area contributed by atoms with Crippen molar-refractivity contribution in [1.29, 1.82) is 0 Å². The highest BCUT2D eigenvalue weighted by atomic mass is 19.1. The van der Waals surface area contributed by atoms with Crippen LogP contribution in [0.2, 0.25) is 0 Å². The van der Waals surface area contributed by atoms with Gasteiger partial charge in [0.05, 0.1) is 0 Å². The summed E-state index contributed by atoms with van der Waals surface area (Å²) < 4.78 is 19.4. The molecule has 4 heteroatoms. The van der Waals surface area contributed by atoms with Gasteiger partial charge in [-0.05, 0) is 30.7 Å². The van der Waals surface area contributed by atoms with Crippen LogP contribution in [0.4, 0.5) is 4.39 Å². The van der Waals surface area contributed by atoms with E-state index in [0.717, 1.165) is 0 Å². The fourth-order valence-corrected chi connectivity index (χ4v) is 1.80. The Balaban J connectivity index is 2.75. The zero-order valence-electron chi connectivity index (χ0n) is 14.0. The number of allylic oxidation sites excluding steroid dienone is 1. The maximum atomic E-state index is 13.7. The normalized spacial score (nSPS) is 13.1. The summed E-state index contributed by atoms with van der Waals surface area (Å²) in [6.45, 7) is 10.4. The number of rotatable bonds is 8. The molecule has 0 saturated carbocycles. The molecule has 0 fully saturated rings. The summed E-state index contributed by atoms with van der Waals surface area (Å²) in [5, 5.41) is 3.27. The minimum absolute atomic E-state index is 0.0150. The first-order valence-electron chi connectivity index (χ1n) is 7.70. The fraction of sp³-hybridized carbons (Fsp3) is 0.500. The van der Waals surface area contributed by atoms with E-state index in [-0.39, 0.29) is 23.6 Å². The van der Waals surface area contributed by atoms with Crippen LogP contribution in [0.1, 0.15) is 40.2 Å². The number of ether oxygens (including phenoxy) is 1. The number of hydrogen-bond acceptors (Lipinski definition) is 3. The number of benzene rings is 1. The van der Waals surface area contributed by atoms with E-state index in [2.05, 4.69) is 19.2 Å². The van der Waals surface area contributed by atoms with Gasteiger partial charge < -0.3 is 10.1 Å². The topological polar surface area (TPSA) is 38.3 Å². The van der Waals surface area contributed by atoms with Crippen LogP contribution in [0.5, 0.6) is 5.75 Å². The summed E-state index contributed by atoms with van der Waals surface area (Å²) in [4.78, 5) is 11.6. The second kappa shape index (κ2) is 8.69. The predicted molar refractivity (Wildman–Crippen MR) is 88.5 cm³/mol. The largest absolute Gasteiger partial charge is 0.489 e. The summed E-state index contributed by atoms with van der Waals surface area (Å²) in [6, 6.07) is 4.85. The van der Waals surface area contributed by atoms with Crippen LogP contribution in [0.15, 0.2) is 24.3 Å². The predicted octanol–water partition coefficient (Wildman–Crippen LogP) is 3.83. The SMILES string of the molecule is CC(C)NCC(C)Oc1cc(F)cc(/C=C/C(=O)C(C)C)c1. The molecule has 0 bridgehead atoms. The van der Waals surface area contributed by atoms with Gasteiger partial charge in [0, 0.05) is 24.6 Å². The van der Waals surface area contributed by atoms with Crippen LogP contribution in [0.3, 0.4) is 0 Å². The third-order valence-electron chi connectivity index (χ3n) is 3.05. The third kappa shape index (κ3) is 6.85. The molecule has 0 saturated heterocycles. The number of nitrogens with one attached hydrogen (secondary N) is 1. The Bertz CT molecular complexity index is 524. The van der Waals surface area contributed by atoms with Crippen molar-refractivity contribution in [2.24, 2.45) is 5.92 Å². The summed E-state index contributed by atoms with van der Waals surface area (Å²) in [5.41, 5.74) is 0.619. The first-order chi connectivity index (χ1) is 10.3. The first kappa shape index (κ1) is 18.4. The quantitative estimate of drug-likeness (QED) is 0.742. The third-order valence-corrected chi connectivity index (χ3v) is 3.05. The van der Waals surface area contributed by atoms with E-state index in [9.17, 15) is 9.18 Å². The van der Waals surface area contributed by atoms with Crippen molar-refractivity contribution < 1.29 is 13.9 Å². The summed E-state index contributed by atoms with van der Waals surface area (Å²) in [5.74, 6) is 0.0387. The highest BCUT2D eigenvalue weighted by Gasteiger charge is 2.07. The van der Waals surface area contributed by atoms with E-state index in [1.54, 1.807) is 12.1 Å². The molecule has 1 aromatic carbocycles. The van der Waals surface area contributed by atoms with Gasteiger partial charge in [0.2, 0.25) is 0 Å². The molecule has 0 amide bonds. The Morgan fingerprint density at radius 2 is 1.91 bits per heavy atom. The van der Waals surface area contributed by atoms with Gasteiger partial charge in [0.15, 0.2) is 5.78 Å². The van der Waals surface area contributed by atoms with Gasteiger partial charge >= 0.3 is 0 Å². The lowest BCUT2D eigenvalue weighted by Crippen LogP contribution is -2.33. The van der Waals surface area contributed by atoms with Gasteiger partial charge in [-0.3, -0.25) is 4.79 Å². The molecule has 0 aromatic heterocycles. The van der Waals surface area contributed by atoms with Crippen LogP contribution >= 0.6 is 0 Å². The van der Waals surface area contributed by atoms with Crippen LogP contribution in [-0.4, -0.2) is 24.5 Å². The molecule has 1 unspecified atom stereocenters. The van der Waals surface area contributed by atoms with Crippen molar-refractivity contribution in [1.82, 2.24) is 5.32 Å². The van der Waals surface area contributed by atoms with Gasteiger partial charge in [-0.15, -0.1) is 0 Å². The molecule has 0 heterocycles. The smallest absolute Gasteiger partial charge is 0.158 e. The van der Waals surface area contributed by atoms with Gasteiger partial charge in [-0.25, -0.2) is 4.39 Å². The molecule has 122 valence electrons. The molecule has 3 nitrogen and oxygen atoms in total. The summed E-state index contributed by atoms with van der Waals surface area (Å²) in [7, 11) is 0. The highest BCUT2D eigenvalue weighted by molar-refractivity contribution is 5.94. The molecular formula is C18H26FNO2. The Morgan fingerprint density at radius 3 is 2.50 bits per heavy atom. The van der Waals surface area contributed by atoms with Crippen LogP contribution in [0.25, 0.3) is 6.08 Å². The molecule has 22 heavy (non-hydrogen) atoms. The van der Waals surface area contributed by atoms with E-state index in [4.69, 9.17) is 4.74 Å². The molecule has 1 aromatic rings. The van der Waals surface area contributed by atoms with E-state index in [1.807, 2.05) is 20.8 Å². The summed E-state index contributed by atoms with van der Waals surface area (Å²) >= 11 is 0. The average Bonchev–Trinajstić information content (AvgIpc) is 2.41. The second-order valence-corrected chi connectivity index (χ2v) is 6.10. The van der Waals surface area contributed by atoms with Crippen LogP contribution < -0.4 is 10.1 Å². The van der Waals surface area contributed by atoms with Crippen LogP contribution in [0, 0.1) is 11.7 Å². The van der Waals surface area contributed by atoms with Crippen molar-refractivity contribution in [2.45, 2.75) is 46.8 Å². The molecule has 0 spiro atoms. The molecule has 0 aliphatic rings. The van der Waals surface area contributed by atoms with Gasteiger partial charge in [-0.1, -0.05) is 33.8 Å². The zero-order chi connectivity index (χ0) is 16.7.